The number of carbonyl (C=O) groups is 2. The molecule has 5 rings (SSSR count). The molecule has 0 aliphatic carbocycles. The van der Waals surface area contributed by atoms with Crippen molar-refractivity contribution in [3.63, 3.8) is 0 Å². The van der Waals surface area contributed by atoms with Gasteiger partial charge in [0.2, 0.25) is 12.7 Å². The van der Waals surface area contributed by atoms with Crippen LogP contribution in [0.4, 0.5) is 10.6 Å². The smallest absolute Gasteiger partial charge is 0.408 e. The van der Waals surface area contributed by atoms with Gasteiger partial charge in [0, 0.05) is 34.5 Å². The molecule has 0 bridgehead atoms. The van der Waals surface area contributed by atoms with Crippen molar-refractivity contribution in [3.8, 4) is 11.5 Å². The first kappa shape index (κ1) is 29.2. The molecule has 12 nitrogen and oxygen atoms in total. The van der Waals surface area contributed by atoms with Gasteiger partial charge in [0.05, 0.1) is 0 Å². The van der Waals surface area contributed by atoms with Crippen LogP contribution in [-0.2, 0) is 11.3 Å². The average Bonchev–Trinajstić information content (AvgIpc) is 3.50. The van der Waals surface area contributed by atoms with Crippen LogP contribution < -0.4 is 15.2 Å². The molecule has 4 heterocycles. The molecular formula is C27H34BrN7O5S. The number of anilines is 1. The number of aryl methyl sites for hydroxylation is 1. The predicted octanol–water partition coefficient (Wildman–Crippen LogP) is 4.85. The van der Waals surface area contributed by atoms with E-state index in [-0.39, 0.29) is 18.6 Å². The minimum absolute atomic E-state index is 0.162. The maximum atomic E-state index is 13.4. The summed E-state index contributed by atoms with van der Waals surface area (Å²) in [4.78, 5) is 42.7. The Labute approximate surface area is 250 Å². The highest BCUT2D eigenvalue weighted by atomic mass is 79.9. The molecule has 3 N–H and O–H groups in total. The number of amides is 2. The van der Waals surface area contributed by atoms with Gasteiger partial charge in [0.25, 0.3) is 0 Å². The molecule has 0 spiro atoms. The van der Waals surface area contributed by atoms with E-state index in [0.29, 0.717) is 53.3 Å². The van der Waals surface area contributed by atoms with Crippen LogP contribution in [0.25, 0.3) is 11.2 Å². The molecule has 0 saturated carbocycles. The van der Waals surface area contributed by atoms with Crippen molar-refractivity contribution in [2.75, 3.05) is 25.6 Å². The fourth-order valence-electron chi connectivity index (χ4n) is 5.51. The van der Waals surface area contributed by atoms with Gasteiger partial charge in [0.15, 0.2) is 33.6 Å². The van der Waals surface area contributed by atoms with Gasteiger partial charge in [-0.3, -0.25) is 9.69 Å². The maximum absolute atomic E-state index is 13.4. The Morgan fingerprint density at radius 3 is 2.71 bits per heavy atom. The SMILES string of the molecule is C[C@H](C(=O)N1CCC[C@H](CCn2c(Sc3cc4c(cc3Br)OCO4)nc3c(N)ncnc32)C1)N(C(=O)O)C(C)(C)C. The Morgan fingerprint density at radius 1 is 1.27 bits per heavy atom. The number of rotatable bonds is 7. The summed E-state index contributed by atoms with van der Waals surface area (Å²) in [6, 6.07) is 3.03. The van der Waals surface area contributed by atoms with Gasteiger partial charge < -0.3 is 29.8 Å². The summed E-state index contributed by atoms with van der Waals surface area (Å²) in [5, 5.41) is 10.5. The highest BCUT2D eigenvalue weighted by molar-refractivity contribution is 9.10. The number of imidazole rings is 1. The summed E-state index contributed by atoms with van der Waals surface area (Å²) < 4.78 is 13.9. The summed E-state index contributed by atoms with van der Waals surface area (Å²) in [6.07, 6.45) is 2.95. The molecule has 3 aromatic rings. The first-order chi connectivity index (χ1) is 19.4. The van der Waals surface area contributed by atoms with Crippen molar-refractivity contribution < 1.29 is 24.2 Å². The summed E-state index contributed by atoms with van der Waals surface area (Å²) in [5.41, 5.74) is 6.66. The topological polar surface area (TPSA) is 149 Å². The number of ether oxygens (including phenoxy) is 2. The Morgan fingerprint density at radius 2 is 2.00 bits per heavy atom. The summed E-state index contributed by atoms with van der Waals surface area (Å²) in [6.45, 7) is 9.06. The van der Waals surface area contributed by atoms with Crippen LogP contribution in [0, 0.1) is 5.92 Å². The third-order valence-electron chi connectivity index (χ3n) is 7.42. The largest absolute Gasteiger partial charge is 0.465 e. The van der Waals surface area contributed by atoms with Crippen LogP contribution in [0.5, 0.6) is 11.5 Å². The zero-order chi connectivity index (χ0) is 29.5. The molecule has 1 fully saturated rings. The summed E-state index contributed by atoms with van der Waals surface area (Å²) in [7, 11) is 0. The molecule has 2 aromatic heterocycles. The number of benzene rings is 1. The van der Waals surface area contributed by atoms with Crippen molar-refractivity contribution in [1.82, 2.24) is 29.3 Å². The van der Waals surface area contributed by atoms with Crippen LogP contribution in [0.15, 0.2) is 33.0 Å². The number of nitrogens with zero attached hydrogens (tertiary/aromatic N) is 6. The normalized spacial score (nSPS) is 17.6. The van der Waals surface area contributed by atoms with E-state index in [9.17, 15) is 14.7 Å². The molecule has 2 aliphatic heterocycles. The van der Waals surface area contributed by atoms with E-state index in [0.717, 1.165) is 28.6 Å². The second kappa shape index (κ2) is 11.6. The van der Waals surface area contributed by atoms with E-state index in [1.54, 1.807) is 27.7 Å². The van der Waals surface area contributed by atoms with Crippen molar-refractivity contribution in [2.24, 2.45) is 5.92 Å². The van der Waals surface area contributed by atoms with E-state index in [4.69, 9.17) is 20.2 Å². The number of halogens is 1. The van der Waals surface area contributed by atoms with Gasteiger partial charge in [-0.15, -0.1) is 0 Å². The van der Waals surface area contributed by atoms with Crippen molar-refractivity contribution in [1.29, 1.82) is 0 Å². The van der Waals surface area contributed by atoms with E-state index in [1.165, 1.54) is 23.0 Å². The van der Waals surface area contributed by atoms with Crippen LogP contribution in [-0.4, -0.2) is 77.9 Å². The lowest BCUT2D eigenvalue weighted by Crippen LogP contribution is -2.57. The third kappa shape index (κ3) is 6.03. The number of aromatic nitrogens is 4. The van der Waals surface area contributed by atoms with E-state index in [2.05, 4.69) is 25.9 Å². The number of carboxylic acid groups (broad SMARTS) is 1. The molecular weight excluding hydrogens is 614 g/mol. The number of nitrogen functional groups attached to an aromatic ring is 1. The molecule has 41 heavy (non-hydrogen) atoms. The van der Waals surface area contributed by atoms with E-state index >= 15 is 0 Å². The molecule has 1 saturated heterocycles. The first-order valence-corrected chi connectivity index (χ1v) is 15.1. The lowest BCUT2D eigenvalue weighted by atomic mass is 9.94. The maximum Gasteiger partial charge on any atom is 0.408 e. The van der Waals surface area contributed by atoms with E-state index < -0.39 is 17.7 Å². The number of piperidine rings is 1. The highest BCUT2D eigenvalue weighted by Gasteiger charge is 2.37. The number of likely N-dealkylation sites (tertiary alicyclic amines) is 1. The third-order valence-corrected chi connectivity index (χ3v) is 9.39. The molecule has 1 aromatic carbocycles. The van der Waals surface area contributed by atoms with Gasteiger partial charge in [0.1, 0.15) is 12.4 Å². The summed E-state index contributed by atoms with van der Waals surface area (Å²) in [5.74, 6) is 1.74. The fraction of sp³-hybridized carbons (Fsp3) is 0.519. The van der Waals surface area contributed by atoms with Crippen molar-refractivity contribution in [2.45, 2.75) is 75.1 Å². The molecule has 0 unspecified atom stereocenters. The number of fused-ring (bicyclic) bond motifs is 2. The fourth-order valence-corrected chi connectivity index (χ4v) is 7.02. The predicted molar refractivity (Wildman–Crippen MR) is 157 cm³/mol. The van der Waals surface area contributed by atoms with Gasteiger partial charge in [-0.2, -0.15) is 0 Å². The standard InChI is InChI=1S/C27H34BrN7O5S/c1-15(35(26(37)38)27(2,3)4)24(36)33-8-5-6-16(12-33)7-9-34-23-21(22(29)30-13-31-23)32-25(34)41-20-11-19-18(10-17(20)28)39-14-40-19/h10-11,13,15-16H,5-9,12,14H2,1-4H3,(H,37,38)(H2,29,30,31)/t15-,16-/m1/s1. The van der Waals surface area contributed by atoms with Crippen molar-refractivity contribution >= 4 is 56.7 Å². The minimum Gasteiger partial charge on any atom is -0.465 e. The van der Waals surface area contributed by atoms with Gasteiger partial charge in [-0.1, -0.05) is 11.8 Å². The second-order valence-corrected chi connectivity index (χ2v) is 13.2. The molecule has 14 heteroatoms. The highest BCUT2D eigenvalue weighted by Crippen LogP contribution is 2.43. The number of nitrogens with two attached hydrogens (primary N) is 1. The first-order valence-electron chi connectivity index (χ1n) is 13.5. The van der Waals surface area contributed by atoms with Crippen LogP contribution in [0.2, 0.25) is 0 Å². The van der Waals surface area contributed by atoms with Crippen LogP contribution in [0.1, 0.15) is 47.0 Å². The summed E-state index contributed by atoms with van der Waals surface area (Å²) >= 11 is 5.10. The molecule has 2 amide bonds. The molecule has 2 atom stereocenters. The monoisotopic (exact) mass is 647 g/mol. The molecule has 2 aliphatic rings. The average molecular weight is 649 g/mol. The number of carbonyl (C=O) groups excluding carboxylic acids is 1. The van der Waals surface area contributed by atoms with Gasteiger partial charge >= 0.3 is 6.09 Å². The Kier molecular flexibility index (Phi) is 8.24. The molecule has 220 valence electrons. The lowest BCUT2D eigenvalue weighted by molar-refractivity contribution is -0.139. The second-order valence-electron chi connectivity index (χ2n) is 11.3. The Bertz CT molecular complexity index is 1480. The Hall–Kier alpha value is -3.26. The van der Waals surface area contributed by atoms with Crippen LogP contribution in [0.3, 0.4) is 0 Å². The zero-order valence-electron chi connectivity index (χ0n) is 23.5. The molecule has 0 radical (unpaired) electrons. The Balaban J connectivity index is 1.34. The number of hydrogen-bond acceptors (Lipinski definition) is 9. The zero-order valence-corrected chi connectivity index (χ0v) is 25.9. The minimum atomic E-state index is -1.10. The van der Waals surface area contributed by atoms with E-state index in [1.807, 2.05) is 21.6 Å². The van der Waals surface area contributed by atoms with Crippen LogP contribution >= 0.6 is 27.7 Å². The van der Waals surface area contributed by atoms with Gasteiger partial charge in [-0.05, 0) is 80.9 Å². The number of hydrogen-bond donors (Lipinski definition) is 2. The lowest BCUT2D eigenvalue weighted by Gasteiger charge is -2.41. The van der Waals surface area contributed by atoms with Gasteiger partial charge in [-0.25, -0.2) is 19.7 Å². The quantitative estimate of drug-likeness (QED) is 0.364. The van der Waals surface area contributed by atoms with Crippen molar-refractivity contribution in [3.05, 3.63) is 22.9 Å².